The van der Waals surface area contributed by atoms with Gasteiger partial charge in [-0.1, -0.05) is 6.07 Å². The van der Waals surface area contributed by atoms with Crippen LogP contribution in [0.25, 0.3) is 0 Å². The molecule has 0 unspecified atom stereocenters. The van der Waals surface area contributed by atoms with Crippen molar-refractivity contribution in [2.75, 3.05) is 5.32 Å². The smallest absolute Gasteiger partial charge is 0.285 e. The lowest BCUT2D eigenvalue weighted by Gasteiger charge is -2.07. The molecule has 1 N–H and O–H groups in total. The van der Waals surface area contributed by atoms with Crippen LogP contribution < -0.4 is 5.32 Å². The van der Waals surface area contributed by atoms with Gasteiger partial charge in [-0.15, -0.1) is 0 Å². The molecule has 2 aromatic carbocycles. The van der Waals surface area contributed by atoms with Gasteiger partial charge in [0.05, 0.1) is 15.0 Å². The zero-order valence-corrected chi connectivity index (χ0v) is 12.2. The average molecular weight is 350 g/mol. The predicted octanol–water partition coefficient (Wildman–Crippen LogP) is 3.98. The molecule has 2 aromatic rings. The Morgan fingerprint density at radius 3 is 2.76 bits per heavy atom. The molecule has 0 heterocycles. The highest BCUT2D eigenvalue weighted by molar-refractivity contribution is 9.10. The molecule has 2 rings (SSSR count). The van der Waals surface area contributed by atoms with Crippen LogP contribution in [0.15, 0.2) is 40.9 Å². The van der Waals surface area contributed by atoms with Crippen LogP contribution in [-0.4, -0.2) is 4.92 Å². The molecule has 21 heavy (non-hydrogen) atoms. The van der Waals surface area contributed by atoms with Crippen LogP contribution in [0.3, 0.4) is 0 Å². The fourth-order valence-corrected chi connectivity index (χ4v) is 2.13. The molecule has 0 aliphatic rings. The second-order valence-corrected chi connectivity index (χ2v) is 5.06. The quantitative estimate of drug-likeness (QED) is 0.668. The third-order valence-corrected chi connectivity index (χ3v) is 3.46. The lowest BCUT2D eigenvalue weighted by Crippen LogP contribution is -2.01. The Morgan fingerprint density at radius 1 is 1.33 bits per heavy atom. The van der Waals surface area contributed by atoms with Crippen molar-refractivity contribution in [3.05, 3.63) is 67.9 Å². The Balaban J connectivity index is 2.15. The predicted molar refractivity (Wildman–Crippen MR) is 79.2 cm³/mol. The molecule has 0 bridgehead atoms. The van der Waals surface area contributed by atoms with Gasteiger partial charge in [-0.3, -0.25) is 10.1 Å². The van der Waals surface area contributed by atoms with Crippen molar-refractivity contribution in [2.24, 2.45) is 0 Å². The summed E-state index contributed by atoms with van der Waals surface area (Å²) in [6, 6.07) is 10.6. The lowest BCUT2D eigenvalue weighted by atomic mass is 10.1. The molecular weight excluding hydrogens is 341 g/mol. The fraction of sp³-hybridized carbons (Fsp3) is 0.0714. The molecule has 0 saturated carbocycles. The molecule has 0 amide bonds. The van der Waals surface area contributed by atoms with Gasteiger partial charge in [0.1, 0.15) is 11.9 Å². The first-order valence-corrected chi connectivity index (χ1v) is 6.67. The Hall–Kier alpha value is -2.46. The Morgan fingerprint density at radius 2 is 2.10 bits per heavy atom. The maximum absolute atomic E-state index is 13.2. The summed E-state index contributed by atoms with van der Waals surface area (Å²) in [5.41, 5.74) is 1.19. The van der Waals surface area contributed by atoms with Crippen molar-refractivity contribution < 1.29 is 9.31 Å². The lowest BCUT2D eigenvalue weighted by molar-refractivity contribution is -0.385. The van der Waals surface area contributed by atoms with Gasteiger partial charge >= 0.3 is 0 Å². The van der Waals surface area contributed by atoms with Crippen LogP contribution in [-0.2, 0) is 6.54 Å². The van der Waals surface area contributed by atoms with E-state index in [1.165, 1.54) is 18.2 Å². The minimum absolute atomic E-state index is 0.0314. The van der Waals surface area contributed by atoms with Crippen LogP contribution in [0, 0.1) is 27.3 Å². The standard InChI is InChI=1S/C14H9BrFN3O2/c15-12-3-2-11(6-14(12)19(20)21)18-8-9-1-4-13(16)10(5-9)7-17/h1-6,18H,8H2. The van der Waals surface area contributed by atoms with E-state index in [0.29, 0.717) is 22.3 Å². The number of hydrogen-bond donors (Lipinski definition) is 1. The van der Waals surface area contributed by atoms with Gasteiger partial charge in [-0.05, 0) is 45.8 Å². The van der Waals surface area contributed by atoms with E-state index < -0.39 is 10.7 Å². The summed E-state index contributed by atoms with van der Waals surface area (Å²) in [6.07, 6.45) is 0. The van der Waals surface area contributed by atoms with E-state index in [-0.39, 0.29) is 11.3 Å². The minimum atomic E-state index is -0.569. The summed E-state index contributed by atoms with van der Waals surface area (Å²) in [5, 5.41) is 22.6. The molecule has 106 valence electrons. The number of nitrogens with zero attached hydrogens (tertiary/aromatic N) is 2. The van der Waals surface area contributed by atoms with Crippen molar-refractivity contribution in [3.63, 3.8) is 0 Å². The van der Waals surface area contributed by atoms with E-state index >= 15 is 0 Å². The summed E-state index contributed by atoms with van der Waals surface area (Å²) < 4.78 is 13.6. The van der Waals surface area contributed by atoms with E-state index in [1.54, 1.807) is 24.3 Å². The highest BCUT2D eigenvalue weighted by atomic mass is 79.9. The number of nitrogens with one attached hydrogen (secondary N) is 1. The second kappa shape index (κ2) is 6.33. The number of anilines is 1. The van der Waals surface area contributed by atoms with E-state index in [0.717, 1.165) is 0 Å². The normalized spacial score (nSPS) is 9.95. The van der Waals surface area contributed by atoms with E-state index in [9.17, 15) is 14.5 Å². The van der Waals surface area contributed by atoms with Gasteiger partial charge in [-0.2, -0.15) is 5.26 Å². The van der Waals surface area contributed by atoms with Gasteiger partial charge in [0.15, 0.2) is 0 Å². The summed E-state index contributed by atoms with van der Waals surface area (Å²) in [5.74, 6) is -0.569. The molecule has 0 fully saturated rings. The Labute approximate surface area is 128 Å². The molecular formula is C14H9BrFN3O2. The summed E-state index contributed by atoms with van der Waals surface area (Å²) in [6.45, 7) is 0.327. The van der Waals surface area contributed by atoms with Crippen molar-refractivity contribution in [1.29, 1.82) is 5.26 Å². The van der Waals surface area contributed by atoms with Crippen LogP contribution in [0.5, 0.6) is 0 Å². The van der Waals surface area contributed by atoms with Gasteiger partial charge in [0, 0.05) is 18.3 Å². The first-order valence-electron chi connectivity index (χ1n) is 5.87. The van der Waals surface area contributed by atoms with Gasteiger partial charge in [0.25, 0.3) is 5.69 Å². The zero-order chi connectivity index (χ0) is 15.4. The topological polar surface area (TPSA) is 79.0 Å². The summed E-state index contributed by atoms with van der Waals surface area (Å²) in [7, 11) is 0. The number of hydrogen-bond acceptors (Lipinski definition) is 4. The SMILES string of the molecule is N#Cc1cc(CNc2ccc(Br)c([N+](=O)[O-])c2)ccc1F. The third kappa shape index (κ3) is 3.55. The highest BCUT2D eigenvalue weighted by Crippen LogP contribution is 2.28. The molecule has 7 heteroatoms. The van der Waals surface area contributed by atoms with Crippen LogP contribution >= 0.6 is 15.9 Å². The maximum atomic E-state index is 13.2. The number of halogens is 2. The van der Waals surface area contributed by atoms with Gasteiger partial charge < -0.3 is 5.32 Å². The summed E-state index contributed by atoms with van der Waals surface area (Å²) in [4.78, 5) is 10.4. The maximum Gasteiger partial charge on any atom is 0.285 e. The van der Waals surface area contributed by atoms with Crippen LogP contribution in [0.1, 0.15) is 11.1 Å². The highest BCUT2D eigenvalue weighted by Gasteiger charge is 2.12. The fourth-order valence-electron chi connectivity index (χ4n) is 1.73. The molecule has 0 spiro atoms. The van der Waals surface area contributed by atoms with E-state index in [2.05, 4.69) is 21.2 Å². The monoisotopic (exact) mass is 349 g/mol. The first-order chi connectivity index (χ1) is 10.0. The zero-order valence-electron chi connectivity index (χ0n) is 10.6. The molecule has 0 aliphatic heterocycles. The summed E-state index contributed by atoms with van der Waals surface area (Å²) >= 11 is 3.11. The second-order valence-electron chi connectivity index (χ2n) is 4.20. The van der Waals surface area contributed by atoms with Crippen molar-refractivity contribution in [2.45, 2.75) is 6.54 Å². The molecule has 0 radical (unpaired) electrons. The van der Waals surface area contributed by atoms with Crippen molar-refractivity contribution in [3.8, 4) is 6.07 Å². The van der Waals surface area contributed by atoms with Crippen molar-refractivity contribution in [1.82, 2.24) is 0 Å². The van der Waals surface area contributed by atoms with Gasteiger partial charge in [0.2, 0.25) is 0 Å². The molecule has 0 saturated heterocycles. The number of rotatable bonds is 4. The Bertz CT molecular complexity index is 743. The number of nitro groups is 1. The third-order valence-electron chi connectivity index (χ3n) is 2.79. The number of benzene rings is 2. The minimum Gasteiger partial charge on any atom is -0.381 e. The molecule has 5 nitrogen and oxygen atoms in total. The molecule has 0 atom stereocenters. The van der Waals surface area contributed by atoms with Gasteiger partial charge in [-0.25, -0.2) is 4.39 Å². The van der Waals surface area contributed by atoms with E-state index in [4.69, 9.17) is 5.26 Å². The Kier molecular flexibility index (Phi) is 4.50. The molecule has 0 aliphatic carbocycles. The average Bonchev–Trinajstić information content (AvgIpc) is 2.47. The van der Waals surface area contributed by atoms with Crippen molar-refractivity contribution >= 4 is 27.3 Å². The molecule has 0 aromatic heterocycles. The van der Waals surface area contributed by atoms with Crippen LogP contribution in [0.4, 0.5) is 15.8 Å². The first kappa shape index (κ1) is 14.9. The largest absolute Gasteiger partial charge is 0.381 e. The van der Waals surface area contributed by atoms with E-state index in [1.807, 2.05) is 0 Å². The van der Waals surface area contributed by atoms with Crippen LogP contribution in [0.2, 0.25) is 0 Å². The number of nitriles is 1. The number of nitro benzene ring substituents is 1.